The first-order chi connectivity index (χ1) is 15.4. The van der Waals surface area contributed by atoms with Crippen LogP contribution in [0.3, 0.4) is 0 Å². The molecule has 7 nitrogen and oxygen atoms in total. The Labute approximate surface area is 184 Å². The molecule has 10 heteroatoms. The number of nitrogens with zero attached hydrogens (tertiary/aromatic N) is 2. The minimum atomic E-state index is -0.785. The molecule has 4 rings (SSSR count). The zero-order valence-corrected chi connectivity index (χ0v) is 17.6. The molecule has 0 aliphatic carbocycles. The van der Waals surface area contributed by atoms with Crippen LogP contribution in [0, 0.1) is 11.6 Å². The lowest BCUT2D eigenvalue weighted by atomic mass is 10.2. The first-order valence-corrected chi connectivity index (χ1v) is 10.4. The molecule has 0 unspecified atom stereocenters. The number of aromatic nitrogens is 2. The summed E-state index contributed by atoms with van der Waals surface area (Å²) >= 11 is 1.15. The van der Waals surface area contributed by atoms with Crippen LogP contribution < -0.4 is 21.3 Å². The highest BCUT2D eigenvalue weighted by molar-refractivity contribution is 7.17. The lowest BCUT2D eigenvalue weighted by Crippen LogP contribution is -2.41. The number of carbonyl (C=O) groups excluding carboxylic acids is 1. The topological polar surface area (TPSA) is 82.3 Å². The minimum absolute atomic E-state index is 0.103. The van der Waals surface area contributed by atoms with E-state index < -0.39 is 35.3 Å². The van der Waals surface area contributed by atoms with Crippen LogP contribution in [0.15, 0.2) is 63.5 Å². The summed E-state index contributed by atoms with van der Waals surface area (Å²) in [6.07, 6.45) is 0. The molecule has 0 spiro atoms. The van der Waals surface area contributed by atoms with Gasteiger partial charge in [0.15, 0.2) is 0 Å². The molecule has 2 aromatic heterocycles. The highest BCUT2D eigenvalue weighted by Gasteiger charge is 2.19. The Hall–Kier alpha value is -3.79. The molecule has 1 N–H and O–H groups in total. The third-order valence-corrected chi connectivity index (χ3v) is 5.77. The predicted octanol–water partition coefficient (Wildman–Crippen LogP) is 2.82. The minimum Gasteiger partial charge on any atom is -0.495 e. The summed E-state index contributed by atoms with van der Waals surface area (Å²) in [7, 11) is 1.42. The summed E-state index contributed by atoms with van der Waals surface area (Å²) < 4.78 is 34.6. The van der Waals surface area contributed by atoms with Crippen LogP contribution in [-0.2, 0) is 17.9 Å². The highest BCUT2D eigenvalue weighted by Crippen LogP contribution is 2.22. The average molecular weight is 457 g/mol. The normalized spacial score (nSPS) is 11.0. The fraction of sp³-hybridized carbons (Fsp3) is 0.136. The maximum atomic E-state index is 13.8. The monoisotopic (exact) mass is 457 g/mol. The number of nitrogens with one attached hydrogen (secondary N) is 1. The van der Waals surface area contributed by atoms with Crippen molar-refractivity contribution < 1.29 is 18.3 Å². The van der Waals surface area contributed by atoms with Gasteiger partial charge in [0.2, 0.25) is 5.91 Å². The molecule has 0 aliphatic heterocycles. The van der Waals surface area contributed by atoms with Crippen LogP contribution in [0.2, 0.25) is 0 Å². The first-order valence-electron chi connectivity index (χ1n) is 9.47. The highest BCUT2D eigenvalue weighted by atomic mass is 32.1. The molecule has 0 bridgehead atoms. The van der Waals surface area contributed by atoms with Crippen molar-refractivity contribution in [2.45, 2.75) is 13.1 Å². The number of para-hydroxylation sites is 2. The number of benzene rings is 2. The molecule has 0 radical (unpaired) electrons. The van der Waals surface area contributed by atoms with Gasteiger partial charge in [0.1, 0.15) is 28.6 Å². The van der Waals surface area contributed by atoms with E-state index in [2.05, 4.69) is 5.32 Å². The van der Waals surface area contributed by atoms with Crippen molar-refractivity contribution in [2.75, 3.05) is 7.11 Å². The van der Waals surface area contributed by atoms with E-state index in [-0.39, 0.29) is 17.8 Å². The second-order valence-electron chi connectivity index (χ2n) is 6.83. The fourth-order valence-electron chi connectivity index (χ4n) is 3.33. The van der Waals surface area contributed by atoms with Gasteiger partial charge in [-0.25, -0.2) is 18.1 Å². The summed E-state index contributed by atoms with van der Waals surface area (Å²) in [6.45, 7) is -0.580. The van der Waals surface area contributed by atoms with Gasteiger partial charge in [-0.2, -0.15) is 0 Å². The molecule has 2 aromatic carbocycles. The third kappa shape index (κ3) is 3.92. The average Bonchev–Trinajstić information content (AvgIpc) is 3.27. The standard InChI is InChI=1S/C22H17F2N3O4S/c1-31-18-5-3-2-4-16(18)27-21(29)20-17(8-9-32-20)26(22(27)30)12-19(28)25-11-13-6-7-14(23)10-15(13)24/h2-10H,11-12H2,1H3,(H,25,28). The molecule has 4 aromatic rings. The van der Waals surface area contributed by atoms with Crippen molar-refractivity contribution in [1.29, 1.82) is 0 Å². The van der Waals surface area contributed by atoms with Crippen LogP contribution in [0.5, 0.6) is 5.75 Å². The van der Waals surface area contributed by atoms with E-state index in [9.17, 15) is 23.2 Å². The second-order valence-corrected chi connectivity index (χ2v) is 7.74. The van der Waals surface area contributed by atoms with E-state index in [1.807, 2.05) is 0 Å². The van der Waals surface area contributed by atoms with E-state index in [0.29, 0.717) is 16.0 Å². The van der Waals surface area contributed by atoms with E-state index in [1.54, 1.807) is 35.7 Å². The van der Waals surface area contributed by atoms with Gasteiger partial charge in [-0.1, -0.05) is 18.2 Å². The quantitative estimate of drug-likeness (QED) is 0.483. The van der Waals surface area contributed by atoms with Gasteiger partial charge in [-0.15, -0.1) is 11.3 Å². The van der Waals surface area contributed by atoms with Gasteiger partial charge in [-0.05, 0) is 29.6 Å². The molecular weight excluding hydrogens is 440 g/mol. The van der Waals surface area contributed by atoms with Gasteiger partial charge in [0.05, 0.1) is 18.3 Å². The molecule has 2 heterocycles. The van der Waals surface area contributed by atoms with Crippen LogP contribution in [-0.4, -0.2) is 22.2 Å². The van der Waals surface area contributed by atoms with Gasteiger partial charge in [0, 0.05) is 18.2 Å². The number of thiophene rings is 1. The van der Waals surface area contributed by atoms with Gasteiger partial charge >= 0.3 is 5.69 Å². The third-order valence-electron chi connectivity index (χ3n) is 4.87. The molecule has 0 saturated heterocycles. The SMILES string of the molecule is COc1ccccc1-n1c(=O)c2sccc2n(CC(=O)NCc2ccc(F)cc2F)c1=O. The Kier molecular flexibility index (Phi) is 5.87. The first kappa shape index (κ1) is 21.4. The number of fused-ring (bicyclic) bond motifs is 1. The van der Waals surface area contributed by atoms with Crippen LogP contribution in [0.1, 0.15) is 5.56 Å². The van der Waals surface area contributed by atoms with Crippen molar-refractivity contribution in [1.82, 2.24) is 14.5 Å². The number of hydrogen-bond donors (Lipinski definition) is 1. The molecule has 0 saturated carbocycles. The number of rotatable bonds is 6. The number of carbonyl (C=O) groups is 1. The summed E-state index contributed by atoms with van der Waals surface area (Å²) in [5, 5.41) is 4.17. The van der Waals surface area contributed by atoms with Gasteiger partial charge in [0.25, 0.3) is 5.56 Å². The number of halogens is 2. The smallest absolute Gasteiger partial charge is 0.336 e. The molecule has 164 valence electrons. The number of methoxy groups -OCH3 is 1. The summed E-state index contributed by atoms with van der Waals surface area (Å²) in [5.74, 6) is -1.76. The molecule has 1 amide bonds. The lowest BCUT2D eigenvalue weighted by Gasteiger charge is -2.14. The maximum absolute atomic E-state index is 13.8. The summed E-state index contributed by atoms with van der Waals surface area (Å²) in [5.41, 5.74) is -0.558. The zero-order valence-electron chi connectivity index (χ0n) is 16.8. The van der Waals surface area contributed by atoms with Crippen LogP contribution in [0.25, 0.3) is 15.9 Å². The second kappa shape index (κ2) is 8.75. The zero-order chi connectivity index (χ0) is 22.8. The van der Waals surface area contributed by atoms with Gasteiger partial charge in [-0.3, -0.25) is 14.2 Å². The van der Waals surface area contributed by atoms with Crippen molar-refractivity contribution in [2.24, 2.45) is 0 Å². The molecule has 0 fully saturated rings. The van der Waals surface area contributed by atoms with Crippen molar-refractivity contribution in [3.05, 3.63) is 91.9 Å². The van der Waals surface area contributed by atoms with Gasteiger partial charge < -0.3 is 10.1 Å². The van der Waals surface area contributed by atoms with Crippen LogP contribution >= 0.6 is 11.3 Å². The largest absolute Gasteiger partial charge is 0.495 e. The van der Waals surface area contributed by atoms with E-state index in [0.717, 1.165) is 28.0 Å². The predicted molar refractivity (Wildman–Crippen MR) is 116 cm³/mol. The molecule has 0 atom stereocenters. The Bertz CT molecular complexity index is 1440. The molecular formula is C22H17F2N3O4S. The molecule has 0 aliphatic rings. The van der Waals surface area contributed by atoms with Crippen molar-refractivity contribution >= 4 is 27.5 Å². The molecule has 32 heavy (non-hydrogen) atoms. The Balaban J connectivity index is 1.71. The van der Waals surface area contributed by atoms with E-state index in [4.69, 9.17) is 4.74 Å². The Morgan fingerprint density at radius 2 is 1.91 bits per heavy atom. The van der Waals surface area contributed by atoms with Crippen molar-refractivity contribution in [3.63, 3.8) is 0 Å². The number of hydrogen-bond acceptors (Lipinski definition) is 5. The van der Waals surface area contributed by atoms with E-state index >= 15 is 0 Å². The fourth-order valence-corrected chi connectivity index (χ4v) is 4.15. The Morgan fingerprint density at radius 1 is 1.12 bits per heavy atom. The summed E-state index contributed by atoms with van der Waals surface area (Å²) in [4.78, 5) is 38.9. The number of amides is 1. The maximum Gasteiger partial charge on any atom is 0.336 e. The lowest BCUT2D eigenvalue weighted by molar-refractivity contribution is -0.121. The Morgan fingerprint density at radius 3 is 2.66 bits per heavy atom. The van der Waals surface area contributed by atoms with E-state index in [1.165, 1.54) is 17.7 Å². The number of ether oxygens (including phenoxy) is 1. The van der Waals surface area contributed by atoms with Crippen molar-refractivity contribution in [3.8, 4) is 11.4 Å². The van der Waals surface area contributed by atoms with Crippen LogP contribution in [0.4, 0.5) is 8.78 Å². The summed E-state index contributed by atoms with van der Waals surface area (Å²) in [6, 6.07) is 11.2.